The Morgan fingerprint density at radius 1 is 1.13 bits per heavy atom. The summed E-state index contributed by atoms with van der Waals surface area (Å²) in [6.45, 7) is 1.06. The first-order valence-corrected chi connectivity index (χ1v) is 7.89. The molecule has 2 atom stereocenters. The van der Waals surface area contributed by atoms with Gasteiger partial charge in [-0.3, -0.25) is 4.79 Å². The minimum Gasteiger partial charge on any atom is -0.370 e. The second kappa shape index (κ2) is 5.78. The van der Waals surface area contributed by atoms with Crippen molar-refractivity contribution >= 4 is 5.91 Å². The normalized spacial score (nSPS) is 22.8. The van der Waals surface area contributed by atoms with Gasteiger partial charge in [-0.05, 0) is 22.3 Å². The lowest BCUT2D eigenvalue weighted by molar-refractivity contribution is -0.130. The molecule has 0 radical (unpaired) electrons. The van der Waals surface area contributed by atoms with Crippen LogP contribution in [0.4, 0.5) is 4.39 Å². The summed E-state index contributed by atoms with van der Waals surface area (Å²) in [4.78, 5) is 14.7. The number of hydrogen-bond acceptors (Lipinski definition) is 2. The molecule has 0 unspecified atom stereocenters. The largest absolute Gasteiger partial charge is 0.370 e. The number of ether oxygens (including phenoxy) is 1. The molecule has 1 amide bonds. The first-order chi connectivity index (χ1) is 11.3. The van der Waals surface area contributed by atoms with E-state index in [0.717, 1.165) is 16.7 Å². The SMILES string of the molecule is O=C1[C@H]2c3cccc(CF)c3CO[C@H]2CN1Cc1ccccc1. The molecule has 0 N–H and O–H groups in total. The zero-order chi connectivity index (χ0) is 15.8. The van der Waals surface area contributed by atoms with Gasteiger partial charge in [-0.1, -0.05) is 48.5 Å². The molecule has 2 heterocycles. The minimum atomic E-state index is -0.522. The third kappa shape index (κ3) is 2.43. The lowest BCUT2D eigenvalue weighted by Gasteiger charge is -2.27. The lowest BCUT2D eigenvalue weighted by atomic mass is 9.87. The van der Waals surface area contributed by atoms with Crippen molar-refractivity contribution in [2.45, 2.75) is 31.8 Å². The van der Waals surface area contributed by atoms with Crippen LogP contribution in [0.2, 0.25) is 0 Å². The summed E-state index contributed by atoms with van der Waals surface area (Å²) in [6, 6.07) is 15.5. The topological polar surface area (TPSA) is 29.5 Å². The predicted molar refractivity (Wildman–Crippen MR) is 84.4 cm³/mol. The van der Waals surface area contributed by atoms with Gasteiger partial charge in [-0.2, -0.15) is 0 Å². The summed E-state index contributed by atoms with van der Waals surface area (Å²) in [7, 11) is 0. The Morgan fingerprint density at radius 2 is 1.96 bits per heavy atom. The molecule has 2 aliphatic heterocycles. The molecule has 1 fully saturated rings. The quantitative estimate of drug-likeness (QED) is 0.871. The molecular formula is C19H18FNO2. The number of hydrogen-bond donors (Lipinski definition) is 0. The van der Waals surface area contributed by atoms with Gasteiger partial charge in [0, 0.05) is 13.1 Å². The number of carbonyl (C=O) groups is 1. The van der Waals surface area contributed by atoms with E-state index >= 15 is 0 Å². The van der Waals surface area contributed by atoms with E-state index in [1.807, 2.05) is 47.4 Å². The average Bonchev–Trinajstić information content (AvgIpc) is 2.91. The molecule has 0 bridgehead atoms. The fourth-order valence-electron chi connectivity index (χ4n) is 3.63. The maximum atomic E-state index is 13.2. The van der Waals surface area contributed by atoms with Gasteiger partial charge in [-0.25, -0.2) is 4.39 Å². The number of alkyl halides is 1. The summed E-state index contributed by atoms with van der Waals surface area (Å²) in [6.07, 6.45) is -0.131. The van der Waals surface area contributed by atoms with Gasteiger partial charge in [0.15, 0.2) is 0 Å². The van der Waals surface area contributed by atoms with Crippen molar-refractivity contribution in [1.82, 2.24) is 4.90 Å². The van der Waals surface area contributed by atoms with Crippen molar-refractivity contribution in [1.29, 1.82) is 0 Å². The van der Waals surface area contributed by atoms with Crippen LogP contribution >= 0.6 is 0 Å². The van der Waals surface area contributed by atoms with E-state index in [0.29, 0.717) is 25.3 Å². The summed E-state index contributed by atoms with van der Waals surface area (Å²) in [5, 5.41) is 0. The predicted octanol–water partition coefficient (Wildman–Crippen LogP) is 3.18. The molecule has 1 saturated heterocycles. The van der Waals surface area contributed by atoms with Gasteiger partial charge in [0.05, 0.1) is 18.6 Å². The maximum Gasteiger partial charge on any atom is 0.233 e. The number of likely N-dealkylation sites (tertiary alicyclic amines) is 1. The second-order valence-corrected chi connectivity index (χ2v) is 6.15. The molecule has 0 aliphatic carbocycles. The van der Waals surface area contributed by atoms with E-state index in [1.54, 1.807) is 6.07 Å². The third-order valence-corrected chi connectivity index (χ3v) is 4.80. The number of carbonyl (C=O) groups excluding carboxylic acids is 1. The molecule has 118 valence electrons. The van der Waals surface area contributed by atoms with Crippen LogP contribution in [0.15, 0.2) is 48.5 Å². The lowest BCUT2D eigenvalue weighted by Crippen LogP contribution is -2.28. The van der Waals surface area contributed by atoms with E-state index in [9.17, 15) is 9.18 Å². The van der Waals surface area contributed by atoms with Crippen molar-refractivity contribution in [3.8, 4) is 0 Å². The van der Waals surface area contributed by atoms with Crippen LogP contribution in [0.5, 0.6) is 0 Å². The number of nitrogens with zero attached hydrogens (tertiary/aromatic N) is 1. The Bertz CT molecular complexity index is 731. The Kier molecular flexibility index (Phi) is 3.62. The van der Waals surface area contributed by atoms with Crippen molar-refractivity contribution in [2.24, 2.45) is 0 Å². The van der Waals surface area contributed by atoms with Crippen LogP contribution in [0.25, 0.3) is 0 Å². The Labute approximate surface area is 134 Å². The highest BCUT2D eigenvalue weighted by Crippen LogP contribution is 2.39. The van der Waals surface area contributed by atoms with E-state index < -0.39 is 6.67 Å². The summed E-state index contributed by atoms with van der Waals surface area (Å²) in [5.74, 6) is -0.218. The van der Waals surface area contributed by atoms with E-state index in [2.05, 4.69) is 0 Å². The van der Waals surface area contributed by atoms with Crippen LogP contribution in [0.1, 0.15) is 28.2 Å². The van der Waals surface area contributed by atoms with E-state index in [-0.39, 0.29) is 17.9 Å². The molecule has 23 heavy (non-hydrogen) atoms. The summed E-state index contributed by atoms with van der Waals surface area (Å²) >= 11 is 0. The smallest absolute Gasteiger partial charge is 0.233 e. The van der Waals surface area contributed by atoms with E-state index in [1.165, 1.54) is 0 Å². The van der Waals surface area contributed by atoms with Crippen molar-refractivity contribution in [3.63, 3.8) is 0 Å². The van der Waals surface area contributed by atoms with Gasteiger partial charge in [-0.15, -0.1) is 0 Å². The molecule has 0 spiro atoms. The number of halogens is 1. The fourth-order valence-corrected chi connectivity index (χ4v) is 3.63. The molecule has 0 aromatic heterocycles. The van der Waals surface area contributed by atoms with Crippen LogP contribution in [-0.4, -0.2) is 23.5 Å². The van der Waals surface area contributed by atoms with Crippen LogP contribution in [-0.2, 0) is 29.4 Å². The first-order valence-electron chi connectivity index (χ1n) is 7.89. The van der Waals surface area contributed by atoms with Crippen molar-refractivity contribution in [2.75, 3.05) is 6.54 Å². The molecule has 3 nitrogen and oxygen atoms in total. The Morgan fingerprint density at radius 3 is 2.74 bits per heavy atom. The Hall–Kier alpha value is -2.20. The van der Waals surface area contributed by atoms with Crippen LogP contribution in [0.3, 0.4) is 0 Å². The van der Waals surface area contributed by atoms with Gasteiger partial charge >= 0.3 is 0 Å². The van der Waals surface area contributed by atoms with Crippen molar-refractivity contribution < 1.29 is 13.9 Å². The first kappa shape index (κ1) is 14.4. The molecule has 4 rings (SSSR count). The third-order valence-electron chi connectivity index (χ3n) is 4.80. The number of benzene rings is 2. The van der Waals surface area contributed by atoms with E-state index in [4.69, 9.17) is 4.74 Å². The van der Waals surface area contributed by atoms with Gasteiger partial charge in [0.2, 0.25) is 5.91 Å². The zero-order valence-corrected chi connectivity index (χ0v) is 12.7. The maximum absolute atomic E-state index is 13.2. The minimum absolute atomic E-state index is 0.0795. The van der Waals surface area contributed by atoms with Crippen LogP contribution in [0, 0.1) is 0 Å². The molecule has 4 heteroatoms. The molecule has 2 aliphatic rings. The zero-order valence-electron chi connectivity index (χ0n) is 12.7. The molecule has 0 saturated carbocycles. The highest BCUT2D eigenvalue weighted by atomic mass is 19.1. The average molecular weight is 311 g/mol. The highest BCUT2D eigenvalue weighted by Gasteiger charge is 2.45. The van der Waals surface area contributed by atoms with Gasteiger partial charge in [0.1, 0.15) is 6.67 Å². The van der Waals surface area contributed by atoms with Crippen molar-refractivity contribution in [3.05, 3.63) is 70.8 Å². The molecule has 2 aromatic carbocycles. The monoisotopic (exact) mass is 311 g/mol. The summed E-state index contributed by atoms with van der Waals surface area (Å²) in [5.41, 5.74) is 3.54. The second-order valence-electron chi connectivity index (χ2n) is 6.15. The van der Waals surface area contributed by atoms with Crippen LogP contribution < -0.4 is 0 Å². The van der Waals surface area contributed by atoms with Gasteiger partial charge in [0.25, 0.3) is 0 Å². The molecule has 2 aromatic rings. The number of amides is 1. The highest BCUT2D eigenvalue weighted by molar-refractivity contribution is 5.87. The standard InChI is InChI=1S/C19H18FNO2/c20-9-14-7-4-8-15-16(14)12-23-17-11-21(19(22)18(15)17)10-13-5-2-1-3-6-13/h1-8,17-18H,9-12H2/t17-,18-/m0/s1. The molecular weight excluding hydrogens is 293 g/mol. The fraction of sp³-hybridized carbons (Fsp3) is 0.316. The Balaban J connectivity index is 1.63. The number of fused-ring (bicyclic) bond motifs is 3. The van der Waals surface area contributed by atoms with Gasteiger partial charge < -0.3 is 9.64 Å². The summed E-state index contributed by atoms with van der Waals surface area (Å²) < 4.78 is 19.0. The number of rotatable bonds is 3.